The molecule has 4 rings (SSSR count). The molecule has 1 fully saturated rings. The molecule has 32 heavy (non-hydrogen) atoms. The number of aryl methyl sites for hydroxylation is 2. The second-order valence-electron chi connectivity index (χ2n) is 8.77. The summed E-state index contributed by atoms with van der Waals surface area (Å²) in [5.41, 5.74) is 2.83. The zero-order valence-electron chi connectivity index (χ0n) is 18.2. The maximum absolute atomic E-state index is 13.8. The fourth-order valence-corrected chi connectivity index (χ4v) is 4.88. The molecule has 2 N–H and O–H groups in total. The van der Waals surface area contributed by atoms with E-state index >= 15 is 0 Å². The number of fused-ring (bicyclic) bond motifs is 1. The van der Waals surface area contributed by atoms with Gasteiger partial charge in [-0.2, -0.15) is 0 Å². The van der Waals surface area contributed by atoms with Crippen LogP contribution in [0.2, 0.25) is 0 Å². The Morgan fingerprint density at radius 3 is 2.97 bits per heavy atom. The molecular formula is C25H30FN3O3. The van der Waals surface area contributed by atoms with Gasteiger partial charge in [0.15, 0.2) is 0 Å². The summed E-state index contributed by atoms with van der Waals surface area (Å²) in [4.78, 5) is 31.1. The number of amides is 1. The zero-order chi connectivity index (χ0) is 22.5. The highest BCUT2D eigenvalue weighted by Gasteiger charge is 2.34. The van der Waals surface area contributed by atoms with Gasteiger partial charge in [-0.15, -0.1) is 0 Å². The fraction of sp³-hybridized carbons (Fsp3) is 0.480. The first-order chi connectivity index (χ1) is 15.5. The quantitative estimate of drug-likeness (QED) is 0.639. The Bertz CT molecular complexity index is 981. The lowest BCUT2D eigenvalue weighted by atomic mass is 9.89. The van der Waals surface area contributed by atoms with Crippen molar-refractivity contribution in [1.29, 1.82) is 0 Å². The molecule has 0 spiro atoms. The van der Waals surface area contributed by atoms with Gasteiger partial charge in [0.1, 0.15) is 11.6 Å². The number of nitrogens with zero attached hydrogens (tertiary/aromatic N) is 2. The maximum atomic E-state index is 13.8. The van der Waals surface area contributed by atoms with Gasteiger partial charge in [0, 0.05) is 24.7 Å². The molecule has 2 aliphatic rings. The van der Waals surface area contributed by atoms with E-state index < -0.39 is 17.8 Å². The minimum Gasteiger partial charge on any atom is -0.481 e. The molecule has 3 heterocycles. The van der Waals surface area contributed by atoms with E-state index in [0.29, 0.717) is 12.1 Å². The van der Waals surface area contributed by atoms with Crippen molar-refractivity contribution >= 4 is 17.7 Å². The third-order valence-corrected chi connectivity index (χ3v) is 6.50. The number of pyridine rings is 1. The van der Waals surface area contributed by atoms with Gasteiger partial charge in [0.25, 0.3) is 0 Å². The number of benzene rings is 1. The van der Waals surface area contributed by atoms with Gasteiger partial charge in [-0.1, -0.05) is 18.2 Å². The smallest absolute Gasteiger partial charge is 0.305 e. The van der Waals surface area contributed by atoms with E-state index in [4.69, 9.17) is 4.98 Å². The van der Waals surface area contributed by atoms with Gasteiger partial charge in [-0.05, 0) is 74.3 Å². The van der Waals surface area contributed by atoms with E-state index in [0.717, 1.165) is 63.0 Å². The molecule has 1 saturated heterocycles. The van der Waals surface area contributed by atoms with Crippen LogP contribution in [0.15, 0.2) is 36.4 Å². The number of hydrogen-bond donors (Lipinski definition) is 2. The van der Waals surface area contributed by atoms with Crippen LogP contribution in [0.4, 0.5) is 10.2 Å². The van der Waals surface area contributed by atoms with Crippen molar-refractivity contribution in [3.63, 3.8) is 0 Å². The maximum Gasteiger partial charge on any atom is 0.305 e. The largest absolute Gasteiger partial charge is 0.481 e. The Hall–Kier alpha value is -2.96. The monoisotopic (exact) mass is 439 g/mol. The van der Waals surface area contributed by atoms with Gasteiger partial charge in [-0.3, -0.25) is 9.59 Å². The van der Waals surface area contributed by atoms with Crippen molar-refractivity contribution in [2.75, 3.05) is 18.4 Å². The lowest BCUT2D eigenvalue weighted by Crippen LogP contribution is -2.44. The molecule has 0 radical (unpaired) electrons. The third-order valence-electron chi connectivity index (χ3n) is 6.50. The molecule has 2 aromatic rings. The first-order valence-corrected chi connectivity index (χ1v) is 11.5. The van der Waals surface area contributed by atoms with Crippen LogP contribution >= 0.6 is 0 Å². The Morgan fingerprint density at radius 2 is 2.16 bits per heavy atom. The van der Waals surface area contributed by atoms with Gasteiger partial charge in [-0.25, -0.2) is 9.37 Å². The average Bonchev–Trinajstić information content (AvgIpc) is 2.78. The number of aromatic nitrogens is 1. The van der Waals surface area contributed by atoms with Gasteiger partial charge >= 0.3 is 5.97 Å². The summed E-state index contributed by atoms with van der Waals surface area (Å²) in [5.74, 6) is -0.594. The Labute approximate surface area is 187 Å². The minimum absolute atomic E-state index is 0.0215. The second kappa shape index (κ2) is 10.1. The topological polar surface area (TPSA) is 82.5 Å². The highest BCUT2D eigenvalue weighted by molar-refractivity contribution is 5.81. The van der Waals surface area contributed by atoms with Gasteiger partial charge in [0.05, 0.1) is 12.5 Å². The molecule has 7 heteroatoms. The molecule has 170 valence electrons. The summed E-state index contributed by atoms with van der Waals surface area (Å²) in [7, 11) is 0. The van der Waals surface area contributed by atoms with E-state index in [9.17, 15) is 19.1 Å². The first kappa shape index (κ1) is 22.2. The number of carbonyl (C=O) groups is 2. The number of piperidine rings is 1. The van der Waals surface area contributed by atoms with Crippen molar-refractivity contribution < 1.29 is 19.1 Å². The van der Waals surface area contributed by atoms with Crippen molar-refractivity contribution in [2.45, 2.75) is 57.4 Å². The fourth-order valence-electron chi connectivity index (χ4n) is 4.88. The lowest BCUT2D eigenvalue weighted by molar-refractivity contribution is -0.145. The van der Waals surface area contributed by atoms with Gasteiger partial charge < -0.3 is 15.3 Å². The number of nitrogens with one attached hydrogen (secondary N) is 1. The molecule has 0 saturated carbocycles. The molecule has 0 bridgehead atoms. The molecule has 2 atom stereocenters. The second-order valence-corrected chi connectivity index (χ2v) is 8.77. The SMILES string of the molecule is O=C(O)C[C@@H](c1cccc(F)c1)N1CCC[C@@H](CCCc2ccc3c(n2)NCCC3)C1=O. The first-order valence-electron chi connectivity index (χ1n) is 11.5. The normalized spacial score (nSPS) is 19.2. The van der Waals surface area contributed by atoms with Crippen molar-refractivity contribution in [2.24, 2.45) is 5.92 Å². The number of rotatable bonds is 8. The third kappa shape index (κ3) is 5.26. The predicted octanol–water partition coefficient (Wildman–Crippen LogP) is 4.36. The number of halogens is 1. The zero-order valence-corrected chi connectivity index (χ0v) is 18.2. The summed E-state index contributed by atoms with van der Waals surface area (Å²) in [6.45, 7) is 1.46. The summed E-state index contributed by atoms with van der Waals surface area (Å²) in [6.07, 6.45) is 5.98. The number of carboxylic acid groups (broad SMARTS) is 1. The number of aliphatic carboxylic acids is 1. The number of anilines is 1. The Kier molecular flexibility index (Phi) is 7.02. The Balaban J connectivity index is 1.40. The van der Waals surface area contributed by atoms with E-state index in [2.05, 4.69) is 17.4 Å². The molecule has 6 nitrogen and oxygen atoms in total. The van der Waals surface area contributed by atoms with Crippen molar-refractivity contribution in [1.82, 2.24) is 9.88 Å². The van der Waals surface area contributed by atoms with E-state index in [1.54, 1.807) is 17.0 Å². The number of hydrogen-bond acceptors (Lipinski definition) is 4. The standard InChI is InChI=1S/C25H30FN3O3/c26-20-9-1-6-19(15-20)22(16-23(30)31)29-14-4-8-18(25(29)32)5-2-10-21-12-11-17-7-3-13-27-24(17)28-21/h1,6,9,11-12,15,18,22H,2-5,7-8,10,13-14,16H2,(H,27,28)(H,30,31)/t18-,22+/m1/s1. The summed E-state index contributed by atoms with van der Waals surface area (Å²) in [6, 6.07) is 9.49. The van der Waals surface area contributed by atoms with Gasteiger partial charge in [0.2, 0.25) is 5.91 Å². The molecule has 0 aliphatic carbocycles. The molecule has 1 amide bonds. The van der Waals surface area contributed by atoms with Crippen LogP contribution in [-0.4, -0.2) is 40.0 Å². The number of likely N-dealkylation sites (tertiary alicyclic amines) is 1. The van der Waals surface area contributed by atoms with Crippen LogP contribution in [0.1, 0.15) is 61.4 Å². The van der Waals surface area contributed by atoms with Crippen molar-refractivity contribution in [3.8, 4) is 0 Å². The van der Waals surface area contributed by atoms with Crippen LogP contribution in [0, 0.1) is 11.7 Å². The highest BCUT2D eigenvalue weighted by Crippen LogP contribution is 2.33. The lowest BCUT2D eigenvalue weighted by Gasteiger charge is -2.38. The molecule has 1 aromatic heterocycles. The summed E-state index contributed by atoms with van der Waals surface area (Å²) < 4.78 is 13.8. The predicted molar refractivity (Wildman–Crippen MR) is 120 cm³/mol. The summed E-state index contributed by atoms with van der Waals surface area (Å²) in [5, 5.41) is 12.8. The highest BCUT2D eigenvalue weighted by atomic mass is 19.1. The van der Waals surface area contributed by atoms with Crippen molar-refractivity contribution in [3.05, 3.63) is 59.0 Å². The van der Waals surface area contributed by atoms with Crippen LogP contribution in [0.5, 0.6) is 0 Å². The number of carbonyl (C=O) groups excluding carboxylic acids is 1. The minimum atomic E-state index is -0.999. The molecular weight excluding hydrogens is 409 g/mol. The van der Waals surface area contributed by atoms with Crippen LogP contribution < -0.4 is 5.32 Å². The van der Waals surface area contributed by atoms with E-state index in [-0.39, 0.29) is 18.2 Å². The average molecular weight is 440 g/mol. The van der Waals surface area contributed by atoms with E-state index in [1.165, 1.54) is 17.7 Å². The van der Waals surface area contributed by atoms with E-state index in [1.807, 2.05) is 0 Å². The van der Waals surface area contributed by atoms with Crippen LogP contribution in [-0.2, 0) is 22.4 Å². The molecule has 2 aliphatic heterocycles. The van der Waals surface area contributed by atoms with Crippen LogP contribution in [0.25, 0.3) is 0 Å². The number of carboxylic acids is 1. The molecule has 1 aromatic carbocycles. The summed E-state index contributed by atoms with van der Waals surface area (Å²) >= 11 is 0. The Morgan fingerprint density at radius 1 is 1.28 bits per heavy atom. The molecule has 0 unspecified atom stereocenters. The van der Waals surface area contributed by atoms with Crippen LogP contribution in [0.3, 0.4) is 0 Å².